The lowest BCUT2D eigenvalue weighted by Crippen LogP contribution is -2.28. The summed E-state index contributed by atoms with van der Waals surface area (Å²) in [5, 5.41) is 7.50. The molecule has 2 aromatic heterocycles. The van der Waals surface area contributed by atoms with E-state index < -0.39 is 5.97 Å². The molecule has 9 heteroatoms. The second-order valence-electron chi connectivity index (χ2n) is 7.53. The summed E-state index contributed by atoms with van der Waals surface area (Å²) in [7, 11) is 1.30. The first-order valence-corrected chi connectivity index (χ1v) is 10.4. The molecule has 0 unspecified atom stereocenters. The number of carbonyl (C=O) groups excluding carboxylic acids is 2. The molecule has 1 amide bonds. The summed E-state index contributed by atoms with van der Waals surface area (Å²) in [5.41, 5.74) is 3.26. The zero-order valence-electron chi connectivity index (χ0n) is 18.3. The molecule has 4 aromatic rings. The Morgan fingerprint density at radius 2 is 1.79 bits per heavy atom. The number of nitrogens with one attached hydrogen (secondary N) is 1. The number of benzene rings is 2. The topological polar surface area (TPSA) is 108 Å². The maximum absolute atomic E-state index is 12.9. The molecule has 0 fully saturated rings. The van der Waals surface area contributed by atoms with E-state index in [9.17, 15) is 14.4 Å². The summed E-state index contributed by atoms with van der Waals surface area (Å²) < 4.78 is 7.81. The number of aryl methyl sites for hydroxylation is 1. The smallest absolute Gasteiger partial charge is 0.337 e. The molecule has 0 aliphatic rings. The predicted octanol–water partition coefficient (Wildman–Crippen LogP) is 2.17. The number of esters is 1. The van der Waals surface area contributed by atoms with Crippen molar-refractivity contribution in [3.63, 3.8) is 0 Å². The highest BCUT2D eigenvalue weighted by Crippen LogP contribution is 2.10. The Hall–Kier alpha value is -4.27. The minimum absolute atomic E-state index is 0.163. The molecule has 0 aliphatic heterocycles. The summed E-state index contributed by atoms with van der Waals surface area (Å²) >= 11 is 0. The Morgan fingerprint density at radius 1 is 1.06 bits per heavy atom. The standard InChI is InChI=1S/C24H23N5O4/c1-16-5-3-4-6-19(16)14-28-15-26-21-20(23(28)31)13-27-29(21)12-11-25-22(30)17-7-9-18(10-8-17)24(32)33-2/h3-10,13,15H,11-12,14H2,1-2H3,(H,25,30). The van der Waals surface area contributed by atoms with Gasteiger partial charge in [-0.25, -0.2) is 14.5 Å². The van der Waals surface area contributed by atoms with Crippen molar-refractivity contribution < 1.29 is 14.3 Å². The van der Waals surface area contributed by atoms with Crippen LogP contribution in [0.25, 0.3) is 11.0 Å². The molecule has 0 saturated heterocycles. The van der Waals surface area contributed by atoms with Crippen LogP contribution in [0.4, 0.5) is 0 Å². The van der Waals surface area contributed by atoms with Crippen LogP contribution in [0, 0.1) is 6.92 Å². The van der Waals surface area contributed by atoms with Gasteiger partial charge in [0.25, 0.3) is 11.5 Å². The second-order valence-corrected chi connectivity index (χ2v) is 7.53. The molecule has 33 heavy (non-hydrogen) atoms. The summed E-state index contributed by atoms with van der Waals surface area (Å²) in [5.74, 6) is -0.741. The van der Waals surface area contributed by atoms with E-state index >= 15 is 0 Å². The first-order chi connectivity index (χ1) is 16.0. The molecule has 4 rings (SSSR count). The van der Waals surface area contributed by atoms with E-state index in [-0.39, 0.29) is 11.5 Å². The number of amides is 1. The maximum Gasteiger partial charge on any atom is 0.337 e. The van der Waals surface area contributed by atoms with Crippen molar-refractivity contribution in [2.75, 3.05) is 13.7 Å². The van der Waals surface area contributed by atoms with Gasteiger partial charge < -0.3 is 10.1 Å². The minimum atomic E-state index is -0.460. The SMILES string of the molecule is COC(=O)c1ccc(C(=O)NCCn2ncc3c(=O)n(Cc4ccccc4C)cnc32)cc1. The van der Waals surface area contributed by atoms with Crippen molar-refractivity contribution in [1.29, 1.82) is 0 Å². The molecule has 0 spiro atoms. The number of methoxy groups -OCH3 is 1. The van der Waals surface area contributed by atoms with Gasteiger partial charge in [0, 0.05) is 12.1 Å². The summed E-state index contributed by atoms with van der Waals surface area (Å²) in [6.45, 7) is 3.09. The van der Waals surface area contributed by atoms with Crippen molar-refractivity contribution in [1.82, 2.24) is 24.6 Å². The third kappa shape index (κ3) is 4.67. The average molecular weight is 445 g/mol. The average Bonchev–Trinajstić information content (AvgIpc) is 3.25. The van der Waals surface area contributed by atoms with E-state index in [1.807, 2.05) is 31.2 Å². The van der Waals surface area contributed by atoms with Gasteiger partial charge in [0.1, 0.15) is 11.7 Å². The van der Waals surface area contributed by atoms with Gasteiger partial charge in [-0.05, 0) is 42.3 Å². The fourth-order valence-electron chi connectivity index (χ4n) is 3.50. The molecule has 0 atom stereocenters. The van der Waals surface area contributed by atoms with E-state index in [2.05, 4.69) is 20.1 Å². The van der Waals surface area contributed by atoms with Gasteiger partial charge in [-0.15, -0.1) is 0 Å². The van der Waals surface area contributed by atoms with Crippen molar-refractivity contribution >= 4 is 22.9 Å². The fourth-order valence-corrected chi connectivity index (χ4v) is 3.50. The molecule has 168 valence electrons. The first kappa shape index (κ1) is 21.9. The molecule has 2 heterocycles. The number of fused-ring (bicyclic) bond motifs is 1. The molecule has 9 nitrogen and oxygen atoms in total. The molecule has 1 N–H and O–H groups in total. The van der Waals surface area contributed by atoms with Crippen LogP contribution in [0.1, 0.15) is 31.8 Å². The van der Waals surface area contributed by atoms with E-state index in [0.29, 0.717) is 41.8 Å². The summed E-state index contributed by atoms with van der Waals surface area (Å²) in [6.07, 6.45) is 3.03. The van der Waals surface area contributed by atoms with E-state index in [1.165, 1.54) is 31.8 Å². The third-order valence-electron chi connectivity index (χ3n) is 5.40. The first-order valence-electron chi connectivity index (χ1n) is 10.4. The van der Waals surface area contributed by atoms with E-state index in [4.69, 9.17) is 0 Å². The van der Waals surface area contributed by atoms with Crippen LogP contribution >= 0.6 is 0 Å². The van der Waals surface area contributed by atoms with Crippen LogP contribution in [0.3, 0.4) is 0 Å². The van der Waals surface area contributed by atoms with Gasteiger partial charge in [0.2, 0.25) is 0 Å². The lowest BCUT2D eigenvalue weighted by molar-refractivity contribution is 0.0600. The van der Waals surface area contributed by atoms with Crippen molar-refractivity contribution in [2.24, 2.45) is 0 Å². The monoisotopic (exact) mass is 445 g/mol. The Kier molecular flexibility index (Phi) is 6.30. The maximum atomic E-state index is 12.9. The van der Waals surface area contributed by atoms with Crippen LogP contribution in [0.5, 0.6) is 0 Å². The molecular formula is C24H23N5O4. The number of nitrogens with zero attached hydrogens (tertiary/aromatic N) is 4. The Morgan fingerprint density at radius 3 is 2.52 bits per heavy atom. The normalized spacial score (nSPS) is 10.8. The molecular weight excluding hydrogens is 422 g/mol. The lowest BCUT2D eigenvalue weighted by atomic mass is 10.1. The Bertz CT molecular complexity index is 1370. The van der Waals surface area contributed by atoms with Crippen LogP contribution < -0.4 is 10.9 Å². The quantitative estimate of drug-likeness (QED) is 0.437. The van der Waals surface area contributed by atoms with Crippen LogP contribution in [0.15, 0.2) is 65.8 Å². The summed E-state index contributed by atoms with van der Waals surface area (Å²) in [6, 6.07) is 14.1. The highest BCUT2D eigenvalue weighted by Gasteiger charge is 2.12. The Labute approximate surface area is 189 Å². The number of hydrogen-bond acceptors (Lipinski definition) is 6. The minimum Gasteiger partial charge on any atom is -0.465 e. The van der Waals surface area contributed by atoms with Crippen LogP contribution in [-0.2, 0) is 17.8 Å². The van der Waals surface area contributed by atoms with Gasteiger partial charge in [0.15, 0.2) is 5.65 Å². The highest BCUT2D eigenvalue weighted by atomic mass is 16.5. The molecule has 0 saturated carbocycles. The number of aromatic nitrogens is 4. The van der Waals surface area contributed by atoms with Crippen molar-refractivity contribution in [3.05, 3.63) is 93.7 Å². The zero-order valence-corrected chi connectivity index (χ0v) is 18.3. The van der Waals surface area contributed by atoms with Gasteiger partial charge >= 0.3 is 5.97 Å². The molecule has 0 bridgehead atoms. The number of ether oxygens (including phenoxy) is 1. The van der Waals surface area contributed by atoms with Crippen molar-refractivity contribution in [3.8, 4) is 0 Å². The largest absolute Gasteiger partial charge is 0.465 e. The van der Waals surface area contributed by atoms with Gasteiger partial charge in [-0.1, -0.05) is 24.3 Å². The highest BCUT2D eigenvalue weighted by molar-refractivity contribution is 5.96. The van der Waals surface area contributed by atoms with Gasteiger partial charge in [0.05, 0.1) is 32.0 Å². The third-order valence-corrected chi connectivity index (χ3v) is 5.40. The lowest BCUT2D eigenvalue weighted by Gasteiger charge is -2.09. The molecule has 2 aromatic carbocycles. The van der Waals surface area contributed by atoms with Crippen LogP contribution in [-0.4, -0.2) is 44.9 Å². The fraction of sp³-hybridized carbons (Fsp3) is 0.208. The summed E-state index contributed by atoms with van der Waals surface area (Å²) in [4.78, 5) is 41.2. The van der Waals surface area contributed by atoms with Gasteiger partial charge in [-0.2, -0.15) is 5.10 Å². The predicted molar refractivity (Wildman–Crippen MR) is 122 cm³/mol. The number of carbonyl (C=O) groups is 2. The van der Waals surface area contributed by atoms with Gasteiger partial charge in [-0.3, -0.25) is 14.2 Å². The van der Waals surface area contributed by atoms with E-state index in [1.54, 1.807) is 21.4 Å². The number of rotatable bonds is 7. The molecule has 0 aliphatic carbocycles. The zero-order chi connectivity index (χ0) is 23.4. The van der Waals surface area contributed by atoms with Crippen LogP contribution in [0.2, 0.25) is 0 Å². The molecule has 0 radical (unpaired) electrons. The second kappa shape index (κ2) is 9.47. The van der Waals surface area contributed by atoms with Crippen molar-refractivity contribution in [2.45, 2.75) is 20.0 Å². The number of hydrogen-bond donors (Lipinski definition) is 1. The van der Waals surface area contributed by atoms with E-state index in [0.717, 1.165) is 11.1 Å². The Balaban J connectivity index is 1.42.